The molecule has 4 N–H and O–H groups in total. The lowest BCUT2D eigenvalue weighted by Gasteiger charge is -2.11. The van der Waals surface area contributed by atoms with Gasteiger partial charge < -0.3 is 11.5 Å². The molecule has 0 aliphatic carbocycles. The van der Waals surface area contributed by atoms with E-state index in [1.54, 1.807) is 0 Å². The van der Waals surface area contributed by atoms with Crippen LogP contribution in [0, 0.1) is 3.57 Å². The molecule has 0 aromatic heterocycles. The fourth-order valence-corrected chi connectivity index (χ4v) is 1.81. The summed E-state index contributed by atoms with van der Waals surface area (Å²) >= 11 is 2.30. The summed E-state index contributed by atoms with van der Waals surface area (Å²) in [6, 6.07) is 8.45. The molecule has 1 aromatic rings. The van der Waals surface area contributed by atoms with Crippen LogP contribution in [0.4, 0.5) is 0 Å². The minimum absolute atomic E-state index is 0.137. The van der Waals surface area contributed by atoms with Crippen molar-refractivity contribution >= 4 is 22.6 Å². The lowest BCUT2D eigenvalue weighted by Crippen LogP contribution is -2.12. The summed E-state index contributed by atoms with van der Waals surface area (Å²) in [5.74, 6) is 0. The molecule has 2 nitrogen and oxygen atoms in total. The van der Waals surface area contributed by atoms with E-state index in [1.165, 1.54) is 9.13 Å². The summed E-state index contributed by atoms with van der Waals surface area (Å²) < 4.78 is 1.23. The quantitative estimate of drug-likeness (QED) is 0.834. The molecule has 0 heterocycles. The number of rotatable bonds is 4. The van der Waals surface area contributed by atoms with Crippen molar-refractivity contribution in [3.05, 3.63) is 33.4 Å². The molecule has 1 rings (SSSR count). The van der Waals surface area contributed by atoms with Crippen LogP contribution in [0.1, 0.15) is 24.4 Å². The number of halogens is 1. The van der Waals surface area contributed by atoms with E-state index in [2.05, 4.69) is 40.8 Å². The molecule has 13 heavy (non-hydrogen) atoms. The molecule has 0 radical (unpaired) electrons. The van der Waals surface area contributed by atoms with E-state index in [4.69, 9.17) is 11.5 Å². The van der Waals surface area contributed by atoms with Crippen molar-refractivity contribution in [1.29, 1.82) is 0 Å². The van der Waals surface area contributed by atoms with Gasteiger partial charge in [-0.1, -0.05) is 12.1 Å². The predicted octanol–water partition coefficient (Wildman–Crippen LogP) is 2.03. The predicted molar refractivity (Wildman–Crippen MR) is 64.4 cm³/mol. The van der Waals surface area contributed by atoms with Crippen molar-refractivity contribution in [3.63, 3.8) is 0 Å². The molecule has 1 atom stereocenters. The Kier molecular flexibility index (Phi) is 4.69. The van der Waals surface area contributed by atoms with E-state index in [1.807, 2.05) is 6.07 Å². The summed E-state index contributed by atoms with van der Waals surface area (Å²) in [6.07, 6.45) is 1.96. The maximum atomic E-state index is 5.99. The molecule has 72 valence electrons. The number of nitrogens with two attached hydrogens (primary N) is 2. The largest absolute Gasteiger partial charge is 0.330 e. The Morgan fingerprint density at radius 1 is 1.38 bits per heavy atom. The lowest BCUT2D eigenvalue weighted by atomic mass is 10.0. The summed E-state index contributed by atoms with van der Waals surface area (Å²) in [5.41, 5.74) is 12.6. The van der Waals surface area contributed by atoms with Gasteiger partial charge in [0.15, 0.2) is 0 Å². The molecule has 0 saturated heterocycles. The average molecular weight is 290 g/mol. The van der Waals surface area contributed by atoms with Gasteiger partial charge in [-0.2, -0.15) is 0 Å². The fourth-order valence-electron chi connectivity index (χ4n) is 1.24. The second-order valence-electron chi connectivity index (χ2n) is 3.09. The van der Waals surface area contributed by atoms with Crippen molar-refractivity contribution in [2.24, 2.45) is 11.5 Å². The zero-order valence-corrected chi connectivity index (χ0v) is 9.70. The van der Waals surface area contributed by atoms with E-state index in [0.29, 0.717) is 0 Å². The number of hydrogen-bond donors (Lipinski definition) is 2. The van der Waals surface area contributed by atoms with Crippen molar-refractivity contribution in [2.45, 2.75) is 18.9 Å². The third-order valence-electron chi connectivity index (χ3n) is 2.00. The number of benzene rings is 1. The summed E-state index contributed by atoms with van der Waals surface area (Å²) in [5, 5.41) is 0. The molecule has 0 spiro atoms. The molecular formula is C10H15IN2. The van der Waals surface area contributed by atoms with Crippen LogP contribution in [0.15, 0.2) is 24.3 Å². The maximum Gasteiger partial charge on any atom is 0.0295 e. The van der Waals surface area contributed by atoms with Gasteiger partial charge in [0.05, 0.1) is 0 Å². The third-order valence-corrected chi connectivity index (χ3v) is 2.67. The summed E-state index contributed by atoms with van der Waals surface area (Å²) in [4.78, 5) is 0. The molecule has 1 aromatic carbocycles. The molecule has 0 amide bonds. The Labute approximate surface area is 92.8 Å². The van der Waals surface area contributed by atoms with Crippen LogP contribution in [-0.2, 0) is 0 Å². The topological polar surface area (TPSA) is 52.0 Å². The van der Waals surface area contributed by atoms with Crippen molar-refractivity contribution in [2.75, 3.05) is 6.54 Å². The Hall–Kier alpha value is -0.130. The van der Waals surface area contributed by atoms with E-state index in [0.717, 1.165) is 19.4 Å². The van der Waals surface area contributed by atoms with E-state index in [9.17, 15) is 0 Å². The first-order chi connectivity index (χ1) is 6.24. The lowest BCUT2D eigenvalue weighted by molar-refractivity contribution is 0.618. The first-order valence-electron chi connectivity index (χ1n) is 4.45. The Bertz CT molecular complexity index is 263. The van der Waals surface area contributed by atoms with Gasteiger partial charge in [0, 0.05) is 9.61 Å². The van der Waals surface area contributed by atoms with Crippen molar-refractivity contribution in [3.8, 4) is 0 Å². The van der Waals surface area contributed by atoms with Gasteiger partial charge in [0.1, 0.15) is 0 Å². The highest BCUT2D eigenvalue weighted by molar-refractivity contribution is 14.1. The minimum atomic E-state index is 0.137. The number of hydrogen-bond acceptors (Lipinski definition) is 2. The molecule has 0 bridgehead atoms. The fraction of sp³-hybridized carbons (Fsp3) is 0.400. The molecule has 0 aliphatic rings. The minimum Gasteiger partial charge on any atom is -0.330 e. The molecule has 0 aliphatic heterocycles. The van der Waals surface area contributed by atoms with Crippen LogP contribution < -0.4 is 11.5 Å². The van der Waals surface area contributed by atoms with Crippen LogP contribution in [0.25, 0.3) is 0 Å². The monoisotopic (exact) mass is 290 g/mol. The summed E-state index contributed by atoms with van der Waals surface area (Å²) in [7, 11) is 0. The zero-order valence-electron chi connectivity index (χ0n) is 7.54. The highest BCUT2D eigenvalue weighted by atomic mass is 127. The van der Waals surface area contributed by atoms with Crippen LogP contribution >= 0.6 is 22.6 Å². The molecule has 3 heteroatoms. The average Bonchev–Trinajstić information content (AvgIpc) is 2.14. The molecule has 0 fully saturated rings. The van der Waals surface area contributed by atoms with Crippen LogP contribution in [0.5, 0.6) is 0 Å². The van der Waals surface area contributed by atoms with Gasteiger partial charge in [-0.25, -0.2) is 0 Å². The second kappa shape index (κ2) is 5.57. The van der Waals surface area contributed by atoms with Crippen molar-refractivity contribution in [1.82, 2.24) is 0 Å². The highest BCUT2D eigenvalue weighted by Gasteiger charge is 2.04. The van der Waals surface area contributed by atoms with E-state index >= 15 is 0 Å². The highest BCUT2D eigenvalue weighted by Crippen LogP contribution is 2.17. The van der Waals surface area contributed by atoms with Gasteiger partial charge in [0.25, 0.3) is 0 Å². The third kappa shape index (κ3) is 3.62. The molecular weight excluding hydrogens is 275 g/mol. The molecule has 0 saturated carbocycles. The Morgan fingerprint density at radius 2 is 2.15 bits per heavy atom. The molecule has 0 unspecified atom stereocenters. The van der Waals surface area contributed by atoms with Gasteiger partial charge >= 0.3 is 0 Å². The van der Waals surface area contributed by atoms with Gasteiger partial charge in [-0.05, 0) is 59.7 Å². The van der Waals surface area contributed by atoms with Gasteiger partial charge in [-0.15, -0.1) is 0 Å². The normalized spacial score (nSPS) is 12.8. The SMILES string of the molecule is NCCC[C@@H](N)c1cccc(I)c1. The van der Waals surface area contributed by atoms with Crippen molar-refractivity contribution < 1.29 is 0 Å². The van der Waals surface area contributed by atoms with Crippen LogP contribution in [-0.4, -0.2) is 6.54 Å². The Morgan fingerprint density at radius 3 is 2.77 bits per heavy atom. The Balaban J connectivity index is 2.60. The maximum absolute atomic E-state index is 5.99. The van der Waals surface area contributed by atoms with Gasteiger partial charge in [-0.3, -0.25) is 0 Å². The zero-order chi connectivity index (χ0) is 9.68. The van der Waals surface area contributed by atoms with Crippen LogP contribution in [0.2, 0.25) is 0 Å². The van der Waals surface area contributed by atoms with Gasteiger partial charge in [0.2, 0.25) is 0 Å². The van der Waals surface area contributed by atoms with Crippen LogP contribution in [0.3, 0.4) is 0 Å². The first-order valence-corrected chi connectivity index (χ1v) is 5.53. The second-order valence-corrected chi connectivity index (χ2v) is 4.34. The first kappa shape index (κ1) is 10.9. The summed E-state index contributed by atoms with van der Waals surface area (Å²) in [6.45, 7) is 0.720. The standard InChI is InChI=1S/C10H15IN2/c11-9-4-1-3-8(7-9)10(13)5-2-6-12/h1,3-4,7,10H,2,5-6,12-13H2/t10-/m1/s1. The smallest absolute Gasteiger partial charge is 0.0295 e. The van der Waals surface area contributed by atoms with E-state index in [-0.39, 0.29) is 6.04 Å². The van der Waals surface area contributed by atoms with E-state index < -0.39 is 0 Å².